The summed E-state index contributed by atoms with van der Waals surface area (Å²) in [6, 6.07) is 15.1. The zero-order valence-corrected chi connectivity index (χ0v) is 15.8. The third-order valence-electron chi connectivity index (χ3n) is 4.09. The Balaban J connectivity index is 1.93. The molecule has 6 nitrogen and oxygen atoms in total. The molecule has 0 fully saturated rings. The van der Waals surface area contributed by atoms with E-state index in [1.165, 1.54) is 6.92 Å². The van der Waals surface area contributed by atoms with Crippen molar-refractivity contribution in [3.63, 3.8) is 0 Å². The predicted octanol–water partition coefficient (Wildman–Crippen LogP) is 3.35. The molecule has 3 N–H and O–H groups in total. The van der Waals surface area contributed by atoms with Crippen molar-refractivity contribution < 1.29 is 14.4 Å². The van der Waals surface area contributed by atoms with Gasteiger partial charge < -0.3 is 16.0 Å². The molecule has 2 aromatic carbocycles. The molecule has 0 aromatic heterocycles. The van der Waals surface area contributed by atoms with Gasteiger partial charge in [0.15, 0.2) is 5.78 Å². The molecule has 1 atom stereocenters. The Morgan fingerprint density at radius 3 is 2.11 bits per heavy atom. The van der Waals surface area contributed by atoms with Crippen LogP contribution in [0.1, 0.15) is 36.7 Å². The van der Waals surface area contributed by atoms with E-state index in [4.69, 9.17) is 0 Å². The van der Waals surface area contributed by atoms with Crippen LogP contribution in [0.25, 0.3) is 0 Å². The van der Waals surface area contributed by atoms with Crippen LogP contribution in [-0.4, -0.2) is 23.8 Å². The molecule has 0 unspecified atom stereocenters. The molecule has 27 heavy (non-hydrogen) atoms. The molecule has 142 valence electrons. The van der Waals surface area contributed by atoms with Crippen molar-refractivity contribution >= 4 is 23.4 Å². The molecule has 0 saturated carbocycles. The number of benzene rings is 2. The lowest BCUT2D eigenvalue weighted by Crippen LogP contribution is -2.50. The number of urea groups is 1. The second-order valence-corrected chi connectivity index (χ2v) is 6.66. The van der Waals surface area contributed by atoms with Gasteiger partial charge in [-0.1, -0.05) is 44.2 Å². The van der Waals surface area contributed by atoms with Gasteiger partial charge in [-0.25, -0.2) is 4.79 Å². The third kappa shape index (κ3) is 6.26. The first-order valence-electron chi connectivity index (χ1n) is 8.87. The van der Waals surface area contributed by atoms with Gasteiger partial charge in [-0.3, -0.25) is 9.59 Å². The molecule has 0 aliphatic rings. The van der Waals surface area contributed by atoms with E-state index in [-0.39, 0.29) is 17.6 Å². The van der Waals surface area contributed by atoms with Crippen LogP contribution >= 0.6 is 0 Å². The number of rotatable bonds is 7. The number of Topliss-reactive ketones (excluding diaryl/α,β-unsaturated/α-hetero) is 1. The number of anilines is 1. The number of hydrogen-bond acceptors (Lipinski definition) is 3. The minimum absolute atomic E-state index is 0.0373. The first kappa shape index (κ1) is 20.2. The van der Waals surface area contributed by atoms with Gasteiger partial charge >= 0.3 is 6.03 Å². The van der Waals surface area contributed by atoms with Crippen LogP contribution in [0.2, 0.25) is 0 Å². The standard InChI is InChI=1S/C21H25N3O3/c1-14(2)19(24-21(27)22-13-16-7-5-4-6-8-16)20(26)23-18-11-9-17(10-12-18)15(3)25/h4-12,14,19H,13H2,1-3H3,(H,23,26)(H2,22,24,27)/t19-/m0/s1. The molecular weight excluding hydrogens is 342 g/mol. The summed E-state index contributed by atoms with van der Waals surface area (Å²) in [5, 5.41) is 8.25. The van der Waals surface area contributed by atoms with Gasteiger partial charge in [0, 0.05) is 17.8 Å². The third-order valence-corrected chi connectivity index (χ3v) is 4.09. The van der Waals surface area contributed by atoms with Gasteiger partial charge in [0.25, 0.3) is 0 Å². The van der Waals surface area contributed by atoms with Gasteiger partial charge in [0.1, 0.15) is 6.04 Å². The number of carbonyl (C=O) groups is 3. The van der Waals surface area contributed by atoms with Crippen LogP contribution in [-0.2, 0) is 11.3 Å². The second-order valence-electron chi connectivity index (χ2n) is 6.66. The van der Waals surface area contributed by atoms with Crippen molar-refractivity contribution in [1.82, 2.24) is 10.6 Å². The fourth-order valence-corrected chi connectivity index (χ4v) is 2.51. The van der Waals surface area contributed by atoms with E-state index in [1.807, 2.05) is 44.2 Å². The number of carbonyl (C=O) groups excluding carboxylic acids is 3. The van der Waals surface area contributed by atoms with E-state index in [2.05, 4.69) is 16.0 Å². The van der Waals surface area contributed by atoms with Crippen molar-refractivity contribution in [1.29, 1.82) is 0 Å². The van der Waals surface area contributed by atoms with Crippen LogP contribution in [0.3, 0.4) is 0 Å². The maximum absolute atomic E-state index is 12.6. The van der Waals surface area contributed by atoms with Crippen LogP contribution in [0, 0.1) is 5.92 Å². The maximum Gasteiger partial charge on any atom is 0.315 e. The van der Waals surface area contributed by atoms with E-state index in [0.29, 0.717) is 17.8 Å². The zero-order valence-electron chi connectivity index (χ0n) is 15.8. The molecule has 0 radical (unpaired) electrons. The van der Waals surface area contributed by atoms with Crippen molar-refractivity contribution in [2.75, 3.05) is 5.32 Å². The lowest BCUT2D eigenvalue weighted by Gasteiger charge is -2.22. The Labute approximate surface area is 159 Å². The van der Waals surface area contributed by atoms with E-state index in [1.54, 1.807) is 24.3 Å². The van der Waals surface area contributed by atoms with Crippen LogP contribution in [0.5, 0.6) is 0 Å². The van der Waals surface area contributed by atoms with Gasteiger partial charge in [0.05, 0.1) is 0 Å². The van der Waals surface area contributed by atoms with E-state index in [9.17, 15) is 14.4 Å². The van der Waals surface area contributed by atoms with E-state index < -0.39 is 12.1 Å². The first-order valence-corrected chi connectivity index (χ1v) is 8.87. The minimum atomic E-state index is -0.687. The number of amides is 3. The van der Waals surface area contributed by atoms with Gasteiger partial charge in [-0.05, 0) is 42.7 Å². The molecule has 6 heteroatoms. The summed E-state index contributed by atoms with van der Waals surface area (Å²) in [6.07, 6.45) is 0. The van der Waals surface area contributed by atoms with Crippen molar-refractivity contribution in [3.8, 4) is 0 Å². The summed E-state index contributed by atoms with van der Waals surface area (Å²) in [7, 11) is 0. The van der Waals surface area contributed by atoms with Crippen molar-refractivity contribution in [2.45, 2.75) is 33.4 Å². The number of hydrogen-bond donors (Lipinski definition) is 3. The molecule has 0 aliphatic heterocycles. The molecule has 0 heterocycles. The van der Waals surface area contributed by atoms with Crippen LogP contribution in [0.15, 0.2) is 54.6 Å². The number of ketones is 1. The average molecular weight is 367 g/mol. The number of nitrogens with one attached hydrogen (secondary N) is 3. The largest absolute Gasteiger partial charge is 0.334 e. The Bertz CT molecular complexity index is 786. The van der Waals surface area contributed by atoms with Crippen LogP contribution in [0.4, 0.5) is 10.5 Å². The Morgan fingerprint density at radius 2 is 1.56 bits per heavy atom. The highest BCUT2D eigenvalue weighted by Crippen LogP contribution is 2.12. The van der Waals surface area contributed by atoms with Crippen LogP contribution < -0.4 is 16.0 Å². The lowest BCUT2D eigenvalue weighted by atomic mass is 10.0. The molecule has 0 spiro atoms. The maximum atomic E-state index is 12.6. The first-order chi connectivity index (χ1) is 12.9. The minimum Gasteiger partial charge on any atom is -0.334 e. The molecule has 0 saturated heterocycles. The van der Waals surface area contributed by atoms with Crippen molar-refractivity contribution in [3.05, 3.63) is 65.7 Å². The van der Waals surface area contributed by atoms with Crippen molar-refractivity contribution in [2.24, 2.45) is 5.92 Å². The molecule has 2 aromatic rings. The van der Waals surface area contributed by atoms with Gasteiger partial charge in [0.2, 0.25) is 5.91 Å². The topological polar surface area (TPSA) is 87.3 Å². The summed E-state index contributed by atoms with van der Waals surface area (Å²) in [5.74, 6) is -0.441. The Hall–Kier alpha value is -3.15. The molecule has 0 aliphatic carbocycles. The monoisotopic (exact) mass is 367 g/mol. The van der Waals surface area contributed by atoms with E-state index >= 15 is 0 Å². The lowest BCUT2D eigenvalue weighted by molar-refractivity contribution is -0.118. The molecular formula is C21H25N3O3. The summed E-state index contributed by atoms with van der Waals surface area (Å²) in [4.78, 5) is 36.1. The summed E-state index contributed by atoms with van der Waals surface area (Å²) in [5.41, 5.74) is 2.12. The highest BCUT2D eigenvalue weighted by atomic mass is 16.2. The SMILES string of the molecule is CC(=O)c1ccc(NC(=O)[C@@H](NC(=O)NCc2ccccc2)C(C)C)cc1. The Kier molecular flexibility index (Phi) is 7.11. The Morgan fingerprint density at radius 1 is 0.926 bits per heavy atom. The smallest absolute Gasteiger partial charge is 0.315 e. The highest BCUT2D eigenvalue weighted by molar-refractivity contribution is 5.98. The van der Waals surface area contributed by atoms with Gasteiger partial charge in [-0.2, -0.15) is 0 Å². The zero-order chi connectivity index (χ0) is 19.8. The summed E-state index contributed by atoms with van der Waals surface area (Å²) >= 11 is 0. The fourth-order valence-electron chi connectivity index (χ4n) is 2.51. The average Bonchev–Trinajstić information content (AvgIpc) is 2.65. The van der Waals surface area contributed by atoms with E-state index in [0.717, 1.165) is 5.56 Å². The van der Waals surface area contributed by atoms with Gasteiger partial charge in [-0.15, -0.1) is 0 Å². The predicted molar refractivity (Wildman–Crippen MR) is 106 cm³/mol. The molecule has 0 bridgehead atoms. The highest BCUT2D eigenvalue weighted by Gasteiger charge is 2.24. The normalized spacial score (nSPS) is 11.6. The fraction of sp³-hybridized carbons (Fsp3) is 0.286. The summed E-state index contributed by atoms with van der Waals surface area (Å²) < 4.78 is 0. The second kappa shape index (κ2) is 9.52. The molecule has 2 rings (SSSR count). The molecule has 3 amide bonds. The summed E-state index contributed by atoms with van der Waals surface area (Å²) in [6.45, 7) is 5.59. The quantitative estimate of drug-likeness (QED) is 0.656.